The van der Waals surface area contributed by atoms with E-state index >= 15 is 0 Å². The van der Waals surface area contributed by atoms with E-state index in [1.807, 2.05) is 0 Å². The minimum atomic E-state index is -0.163. The van der Waals surface area contributed by atoms with E-state index < -0.39 is 0 Å². The van der Waals surface area contributed by atoms with Gasteiger partial charge in [-0.25, -0.2) is 0 Å². The normalized spacial score (nSPS) is 17.4. The van der Waals surface area contributed by atoms with Gasteiger partial charge in [-0.05, 0) is 150 Å². The van der Waals surface area contributed by atoms with Gasteiger partial charge in [0, 0.05) is 49.6 Å². The predicted octanol–water partition coefficient (Wildman–Crippen LogP) is 15.2. The average Bonchev–Trinajstić information content (AvgIpc) is 3.86. The fourth-order valence-electron chi connectivity index (χ4n) is 12.8. The van der Waals surface area contributed by atoms with Crippen molar-refractivity contribution in [2.45, 2.75) is 123 Å². The largest absolute Gasteiger partial charge is 0.456 e. The van der Waals surface area contributed by atoms with Gasteiger partial charge in [0.15, 0.2) is 0 Å². The fourth-order valence-corrected chi connectivity index (χ4v) is 12.8. The third kappa shape index (κ3) is 5.15. The van der Waals surface area contributed by atoms with Gasteiger partial charge in [0.25, 0.3) is 0 Å². The molecule has 0 spiro atoms. The molecule has 322 valence electrons. The second-order valence-corrected chi connectivity index (χ2v) is 24.1. The lowest BCUT2D eigenvalue weighted by Crippen LogP contribution is -2.60. The number of rotatable bonds is 1. The number of nitrogens with zero attached hydrogens (tertiary/aromatic N) is 2. The molecule has 2 aliphatic carbocycles. The Hall–Kier alpha value is -6.00. The first kappa shape index (κ1) is 39.4. The fraction of sp³-hybridized carbons (Fsp3) is 0.311. The van der Waals surface area contributed by atoms with Crippen molar-refractivity contribution in [3.05, 3.63) is 149 Å². The minimum absolute atomic E-state index is 0.0336. The van der Waals surface area contributed by atoms with E-state index in [1.54, 1.807) is 0 Å². The van der Waals surface area contributed by atoms with E-state index in [0.29, 0.717) is 0 Å². The Morgan fingerprint density at radius 2 is 1.15 bits per heavy atom. The summed E-state index contributed by atoms with van der Waals surface area (Å²) in [5.74, 6) is 0. The summed E-state index contributed by atoms with van der Waals surface area (Å²) in [5.41, 5.74) is 25.1. The zero-order valence-corrected chi connectivity index (χ0v) is 40.3. The first-order valence-corrected chi connectivity index (χ1v) is 24.1. The summed E-state index contributed by atoms with van der Waals surface area (Å²) in [5, 5.41) is 4.82. The lowest BCUT2D eigenvalue weighted by molar-refractivity contribution is 0.331. The first-order valence-electron chi connectivity index (χ1n) is 24.1. The molecule has 4 heterocycles. The maximum absolute atomic E-state index is 6.58. The van der Waals surface area contributed by atoms with Crippen molar-refractivity contribution < 1.29 is 4.42 Å². The van der Waals surface area contributed by atoms with Crippen LogP contribution in [0.1, 0.15) is 129 Å². The number of aromatic nitrogens is 1. The van der Waals surface area contributed by atoms with Crippen LogP contribution in [-0.4, -0.2) is 11.4 Å². The molecule has 2 aromatic heterocycles. The van der Waals surface area contributed by atoms with Crippen LogP contribution in [0.25, 0.3) is 71.7 Å². The van der Waals surface area contributed by atoms with Gasteiger partial charge in [-0.1, -0.05) is 144 Å². The number of para-hydroxylation sites is 1. The maximum Gasteiger partial charge on any atom is 0.333 e. The molecular formula is C61H59BN2O. The first-order chi connectivity index (χ1) is 30.7. The van der Waals surface area contributed by atoms with Gasteiger partial charge in [-0.3, -0.25) is 0 Å². The molecule has 0 fully saturated rings. The summed E-state index contributed by atoms with van der Waals surface area (Å²) in [6, 6.07) is 45.4. The molecule has 0 saturated carbocycles. The molecule has 65 heavy (non-hydrogen) atoms. The van der Waals surface area contributed by atoms with Crippen LogP contribution < -0.4 is 15.7 Å². The van der Waals surface area contributed by atoms with Crippen LogP contribution in [0.2, 0.25) is 0 Å². The Bertz CT molecular complexity index is 3600. The van der Waals surface area contributed by atoms with Crippen LogP contribution >= 0.6 is 0 Å². The summed E-state index contributed by atoms with van der Waals surface area (Å²) >= 11 is 0. The van der Waals surface area contributed by atoms with E-state index in [0.717, 1.165) is 21.9 Å². The lowest BCUT2D eigenvalue weighted by atomic mass is 9.43. The Morgan fingerprint density at radius 1 is 0.508 bits per heavy atom. The highest BCUT2D eigenvalue weighted by molar-refractivity contribution is 6.93. The van der Waals surface area contributed by atoms with Gasteiger partial charge < -0.3 is 13.8 Å². The number of fused-ring (bicyclic) bond motifs is 15. The SMILES string of the molecule is CC(C)(C)c1ccc(N2B3c4cc(C(C)(C)C)ccc4-n4c5cc6c(cc5c5ccc(c3c54)-c3cc4c(cc32)-c2cc3c(cc2C4(C)C)C(C)(C)CCC3(C)C)oc2ccccc26)cc1. The Labute approximate surface area is 384 Å². The number of anilines is 2. The van der Waals surface area contributed by atoms with Crippen molar-refractivity contribution >= 4 is 72.9 Å². The summed E-state index contributed by atoms with van der Waals surface area (Å²) in [6.07, 6.45) is 2.41. The second-order valence-electron chi connectivity index (χ2n) is 24.1. The monoisotopic (exact) mass is 846 g/mol. The molecular weight excluding hydrogens is 787 g/mol. The van der Waals surface area contributed by atoms with Crippen molar-refractivity contribution in [1.82, 2.24) is 4.57 Å². The number of benzene rings is 7. The smallest absolute Gasteiger partial charge is 0.333 e. The van der Waals surface area contributed by atoms with Crippen LogP contribution in [-0.2, 0) is 27.1 Å². The van der Waals surface area contributed by atoms with E-state index in [-0.39, 0.29) is 33.9 Å². The summed E-state index contributed by atoms with van der Waals surface area (Å²) in [4.78, 5) is 2.73. The van der Waals surface area contributed by atoms with Gasteiger partial charge in [-0.15, -0.1) is 0 Å². The van der Waals surface area contributed by atoms with Crippen LogP contribution in [0.4, 0.5) is 11.4 Å². The highest BCUT2D eigenvalue weighted by atomic mass is 16.3. The van der Waals surface area contributed by atoms with Gasteiger partial charge in [0.1, 0.15) is 11.2 Å². The molecule has 0 atom stereocenters. The number of hydrogen-bond donors (Lipinski definition) is 0. The third-order valence-electron chi connectivity index (χ3n) is 16.8. The molecule has 0 N–H and O–H groups in total. The molecule has 4 heteroatoms. The Balaban J connectivity index is 1.16. The molecule has 3 nitrogen and oxygen atoms in total. The standard InChI is InChI=1S/C61H59BN2O/c1-57(2,3)34-17-20-36(21-18-34)64-52-30-41-40-28-47-48(60(9,10)26-25-59(47,7)8)33-46(40)61(11,12)45(41)29-42(52)38-22-23-39-43-32-54-44(37-15-13-14-16-53(37)65-54)31-51(43)63-50-24-19-35(58(4,5)6)27-49(50)62(64)55(38)56(39)63/h13-24,27-33H,25-26H2,1-12H3. The van der Waals surface area contributed by atoms with Crippen molar-refractivity contribution in [2.24, 2.45) is 0 Å². The van der Waals surface area contributed by atoms with Crippen molar-refractivity contribution in [3.63, 3.8) is 0 Å². The molecule has 0 amide bonds. The molecule has 9 aromatic rings. The van der Waals surface area contributed by atoms with Crippen molar-refractivity contribution in [1.29, 1.82) is 0 Å². The highest BCUT2D eigenvalue weighted by Crippen LogP contribution is 2.58. The van der Waals surface area contributed by atoms with Crippen LogP contribution in [0.3, 0.4) is 0 Å². The highest BCUT2D eigenvalue weighted by Gasteiger charge is 2.48. The van der Waals surface area contributed by atoms with Gasteiger partial charge in [0.05, 0.1) is 11.0 Å². The van der Waals surface area contributed by atoms with E-state index in [9.17, 15) is 0 Å². The predicted molar refractivity (Wildman–Crippen MR) is 277 cm³/mol. The Morgan fingerprint density at radius 3 is 1.88 bits per heavy atom. The Kier molecular flexibility index (Phi) is 7.43. The molecule has 0 saturated heterocycles. The molecule has 0 radical (unpaired) electrons. The van der Waals surface area contributed by atoms with Crippen LogP contribution in [0.5, 0.6) is 0 Å². The lowest BCUT2D eigenvalue weighted by Gasteiger charge is -2.43. The number of hydrogen-bond acceptors (Lipinski definition) is 2. The maximum atomic E-state index is 6.58. The molecule has 0 bridgehead atoms. The summed E-state index contributed by atoms with van der Waals surface area (Å²) in [6.45, 7) is 28.8. The van der Waals surface area contributed by atoms with Crippen LogP contribution in [0, 0.1) is 0 Å². The van der Waals surface area contributed by atoms with Gasteiger partial charge >= 0.3 is 6.85 Å². The third-order valence-corrected chi connectivity index (χ3v) is 16.8. The zero-order valence-electron chi connectivity index (χ0n) is 40.3. The molecule has 13 rings (SSSR count). The van der Waals surface area contributed by atoms with Crippen molar-refractivity contribution in [2.75, 3.05) is 4.81 Å². The average molecular weight is 847 g/mol. The minimum Gasteiger partial charge on any atom is -0.456 e. The second kappa shape index (κ2) is 12.3. The van der Waals surface area contributed by atoms with Gasteiger partial charge in [0.2, 0.25) is 0 Å². The van der Waals surface area contributed by atoms with Gasteiger partial charge in [-0.2, -0.15) is 0 Å². The topological polar surface area (TPSA) is 21.3 Å². The zero-order chi connectivity index (χ0) is 45.1. The molecule has 7 aromatic carbocycles. The number of furan rings is 1. The summed E-state index contributed by atoms with van der Waals surface area (Å²) in [7, 11) is 0. The molecule has 4 aliphatic rings. The molecule has 0 unspecified atom stereocenters. The quantitative estimate of drug-likeness (QED) is 0.154. The molecule has 2 aliphatic heterocycles. The van der Waals surface area contributed by atoms with E-state index in [1.165, 1.54) is 118 Å². The van der Waals surface area contributed by atoms with E-state index in [4.69, 9.17) is 4.42 Å². The van der Waals surface area contributed by atoms with Crippen LogP contribution in [0.15, 0.2) is 120 Å². The van der Waals surface area contributed by atoms with E-state index in [2.05, 4.69) is 208 Å². The summed E-state index contributed by atoms with van der Waals surface area (Å²) < 4.78 is 9.19. The van der Waals surface area contributed by atoms with Crippen molar-refractivity contribution in [3.8, 4) is 27.9 Å².